The number of carboxylic acid groups (broad SMARTS) is 2. The number of benzene rings is 2. The Morgan fingerprint density at radius 2 is 1.59 bits per heavy atom. The van der Waals surface area contributed by atoms with Gasteiger partial charge >= 0.3 is 11.9 Å². The first kappa shape index (κ1) is 18.1. The van der Waals surface area contributed by atoms with Crippen LogP contribution in [0.2, 0.25) is 0 Å². The van der Waals surface area contributed by atoms with E-state index in [0.29, 0.717) is 5.69 Å². The lowest BCUT2D eigenvalue weighted by Gasteiger charge is -2.04. The summed E-state index contributed by atoms with van der Waals surface area (Å²) in [6.07, 6.45) is 1.59. The summed E-state index contributed by atoms with van der Waals surface area (Å²) in [5, 5.41) is 28.5. The summed E-state index contributed by atoms with van der Waals surface area (Å²) in [6.45, 7) is 0. The van der Waals surface area contributed by atoms with Crippen molar-refractivity contribution in [3.63, 3.8) is 0 Å². The van der Waals surface area contributed by atoms with Crippen LogP contribution < -0.4 is 4.74 Å². The summed E-state index contributed by atoms with van der Waals surface area (Å²) in [6, 6.07) is 14.0. The number of hydrogen-bond acceptors (Lipinski definition) is 6. The molecular formula is C20H14N4O5. The van der Waals surface area contributed by atoms with Crippen LogP contribution in [0.5, 0.6) is 5.75 Å². The number of fused-ring (bicyclic) bond motifs is 1. The number of hydrogen-bond donors (Lipinski definition) is 2. The normalized spacial score (nSPS) is 10.8. The molecule has 0 aliphatic rings. The maximum atomic E-state index is 11.2. The summed E-state index contributed by atoms with van der Waals surface area (Å²) >= 11 is 0. The molecule has 2 aromatic carbocycles. The van der Waals surface area contributed by atoms with Gasteiger partial charge in [0.05, 0.1) is 19.0 Å². The zero-order valence-corrected chi connectivity index (χ0v) is 15.1. The number of rotatable bonds is 5. The van der Waals surface area contributed by atoms with E-state index in [2.05, 4.69) is 15.3 Å². The molecule has 144 valence electrons. The molecule has 0 saturated carbocycles. The lowest BCUT2D eigenvalue weighted by Crippen LogP contribution is -2.10. The predicted octanol–water partition coefficient (Wildman–Crippen LogP) is 2.89. The highest BCUT2D eigenvalue weighted by Gasteiger charge is 2.15. The van der Waals surface area contributed by atoms with Gasteiger partial charge < -0.3 is 14.9 Å². The Morgan fingerprint density at radius 1 is 0.931 bits per heavy atom. The van der Waals surface area contributed by atoms with E-state index in [0.717, 1.165) is 22.1 Å². The van der Waals surface area contributed by atoms with Crippen molar-refractivity contribution in [2.45, 2.75) is 0 Å². The van der Waals surface area contributed by atoms with Crippen molar-refractivity contribution in [2.24, 2.45) is 0 Å². The van der Waals surface area contributed by atoms with E-state index in [4.69, 9.17) is 4.74 Å². The zero-order chi connectivity index (χ0) is 20.5. The van der Waals surface area contributed by atoms with Gasteiger partial charge in [-0.05, 0) is 41.1 Å². The Morgan fingerprint density at radius 3 is 2.24 bits per heavy atom. The molecule has 0 bridgehead atoms. The molecule has 29 heavy (non-hydrogen) atoms. The summed E-state index contributed by atoms with van der Waals surface area (Å²) < 4.78 is 6.54. The van der Waals surface area contributed by atoms with Crippen LogP contribution in [0.15, 0.2) is 54.7 Å². The first-order chi connectivity index (χ1) is 13.9. The average molecular weight is 390 g/mol. The van der Waals surface area contributed by atoms with Crippen molar-refractivity contribution in [3.8, 4) is 22.7 Å². The van der Waals surface area contributed by atoms with Crippen molar-refractivity contribution in [2.75, 3.05) is 7.11 Å². The largest absolute Gasteiger partial charge is 0.497 e. The fourth-order valence-corrected chi connectivity index (χ4v) is 2.90. The standard InChI is InChI=1S/C20H14N4O5/c1-29-15-5-4-11-6-13(3-2-12(11)7-15)18-10-24(23-22-18)14-8-16(19(25)26)21-17(9-14)20(27)28/h2-10H,1H3,(H,25,26)(H,27,28). The molecule has 4 rings (SSSR count). The summed E-state index contributed by atoms with van der Waals surface area (Å²) in [7, 11) is 1.61. The molecule has 2 heterocycles. The molecule has 0 unspecified atom stereocenters. The first-order valence-electron chi connectivity index (χ1n) is 8.44. The van der Waals surface area contributed by atoms with Gasteiger partial charge in [0.15, 0.2) is 11.4 Å². The topological polar surface area (TPSA) is 127 Å². The van der Waals surface area contributed by atoms with Crippen LogP contribution in [-0.2, 0) is 0 Å². The monoisotopic (exact) mass is 390 g/mol. The Hall–Kier alpha value is -4.27. The third kappa shape index (κ3) is 3.48. The Balaban J connectivity index is 1.74. The van der Waals surface area contributed by atoms with Crippen LogP contribution in [0.1, 0.15) is 21.0 Å². The van der Waals surface area contributed by atoms with Crippen molar-refractivity contribution in [3.05, 3.63) is 66.1 Å². The number of carbonyl (C=O) groups is 2. The zero-order valence-electron chi connectivity index (χ0n) is 15.1. The number of nitrogens with zero attached hydrogens (tertiary/aromatic N) is 4. The molecule has 0 spiro atoms. The van der Waals surface area contributed by atoms with Crippen LogP contribution in [0.25, 0.3) is 27.7 Å². The first-order valence-corrected chi connectivity index (χ1v) is 8.44. The molecule has 0 aliphatic carbocycles. The molecule has 0 radical (unpaired) electrons. The third-order valence-electron chi connectivity index (χ3n) is 4.35. The number of pyridine rings is 1. The second-order valence-corrected chi connectivity index (χ2v) is 6.18. The lowest BCUT2D eigenvalue weighted by molar-refractivity contribution is 0.0685. The van der Waals surface area contributed by atoms with Gasteiger partial charge in [-0.1, -0.05) is 23.4 Å². The number of ether oxygens (including phenoxy) is 1. The van der Waals surface area contributed by atoms with E-state index in [1.807, 2.05) is 36.4 Å². The van der Waals surface area contributed by atoms with Crippen molar-refractivity contribution in [1.82, 2.24) is 20.0 Å². The lowest BCUT2D eigenvalue weighted by atomic mass is 10.1. The number of methoxy groups -OCH3 is 1. The Labute approximate surface area is 163 Å². The van der Waals surface area contributed by atoms with Crippen LogP contribution in [0.3, 0.4) is 0 Å². The molecule has 2 N–H and O–H groups in total. The van der Waals surface area contributed by atoms with Gasteiger partial charge in [0, 0.05) is 5.56 Å². The van der Waals surface area contributed by atoms with Crippen molar-refractivity contribution in [1.29, 1.82) is 0 Å². The number of carboxylic acids is 2. The molecule has 2 aromatic heterocycles. The fraction of sp³-hybridized carbons (Fsp3) is 0.0500. The summed E-state index contributed by atoms with van der Waals surface area (Å²) in [4.78, 5) is 26.1. The van der Waals surface area contributed by atoms with E-state index in [9.17, 15) is 19.8 Å². The van der Waals surface area contributed by atoms with E-state index in [1.54, 1.807) is 13.3 Å². The van der Waals surface area contributed by atoms with E-state index >= 15 is 0 Å². The van der Waals surface area contributed by atoms with Crippen molar-refractivity contribution < 1.29 is 24.5 Å². The predicted molar refractivity (Wildman–Crippen MR) is 103 cm³/mol. The maximum Gasteiger partial charge on any atom is 0.354 e. The van der Waals surface area contributed by atoms with Gasteiger partial charge in [-0.3, -0.25) is 0 Å². The quantitative estimate of drug-likeness (QED) is 0.532. The number of aromatic carboxylic acids is 2. The minimum Gasteiger partial charge on any atom is -0.497 e. The van der Waals surface area contributed by atoms with Crippen molar-refractivity contribution >= 4 is 22.7 Å². The van der Waals surface area contributed by atoms with E-state index < -0.39 is 23.3 Å². The highest BCUT2D eigenvalue weighted by atomic mass is 16.5. The molecule has 4 aromatic rings. The van der Waals surface area contributed by atoms with Crippen LogP contribution in [0, 0.1) is 0 Å². The van der Waals surface area contributed by atoms with Gasteiger partial charge in [0.25, 0.3) is 0 Å². The average Bonchev–Trinajstić information content (AvgIpc) is 3.23. The number of aromatic nitrogens is 4. The molecular weight excluding hydrogens is 376 g/mol. The molecule has 0 atom stereocenters. The third-order valence-corrected chi connectivity index (χ3v) is 4.35. The van der Waals surface area contributed by atoms with Crippen LogP contribution >= 0.6 is 0 Å². The minimum atomic E-state index is -1.33. The fourth-order valence-electron chi connectivity index (χ4n) is 2.90. The smallest absolute Gasteiger partial charge is 0.354 e. The van der Waals surface area contributed by atoms with Gasteiger partial charge in [-0.25, -0.2) is 19.3 Å². The summed E-state index contributed by atoms with van der Waals surface area (Å²) in [5.74, 6) is -1.91. The highest BCUT2D eigenvalue weighted by molar-refractivity contribution is 5.91. The van der Waals surface area contributed by atoms with Crippen LogP contribution in [0.4, 0.5) is 0 Å². The molecule has 0 fully saturated rings. The SMILES string of the molecule is COc1ccc2cc(-c3cn(-c4cc(C(=O)O)nc(C(=O)O)c4)nn3)ccc2c1. The Bertz CT molecular complexity index is 1230. The molecule has 9 heteroatoms. The Kier molecular flexibility index (Phi) is 4.40. The summed E-state index contributed by atoms with van der Waals surface area (Å²) in [5.41, 5.74) is 0.806. The second-order valence-electron chi connectivity index (χ2n) is 6.18. The van der Waals surface area contributed by atoms with Gasteiger partial charge in [-0.2, -0.15) is 0 Å². The molecule has 9 nitrogen and oxygen atoms in total. The molecule has 0 aliphatic heterocycles. The second kappa shape index (κ2) is 7.04. The van der Waals surface area contributed by atoms with E-state index in [-0.39, 0.29) is 5.69 Å². The minimum absolute atomic E-state index is 0.235. The van der Waals surface area contributed by atoms with Gasteiger partial charge in [0.2, 0.25) is 0 Å². The van der Waals surface area contributed by atoms with Gasteiger partial charge in [0.1, 0.15) is 11.4 Å². The van der Waals surface area contributed by atoms with Gasteiger partial charge in [-0.15, -0.1) is 5.10 Å². The molecule has 0 amide bonds. The maximum absolute atomic E-state index is 11.2. The molecule has 0 saturated heterocycles. The van der Waals surface area contributed by atoms with Crippen LogP contribution in [-0.4, -0.2) is 49.2 Å². The highest BCUT2D eigenvalue weighted by Crippen LogP contribution is 2.26. The van der Waals surface area contributed by atoms with E-state index in [1.165, 1.54) is 16.8 Å².